The molecule has 1 aliphatic heterocycles. The van der Waals surface area contributed by atoms with E-state index in [1.807, 2.05) is 0 Å². The fraction of sp³-hybridized carbons (Fsp3) is 0.143. The van der Waals surface area contributed by atoms with E-state index < -0.39 is 22.6 Å². The van der Waals surface area contributed by atoms with Gasteiger partial charge < -0.3 is 20.2 Å². The van der Waals surface area contributed by atoms with E-state index in [0.29, 0.717) is 5.82 Å². The number of ether oxygens (including phenoxy) is 1. The summed E-state index contributed by atoms with van der Waals surface area (Å²) < 4.78 is 5.18. The van der Waals surface area contributed by atoms with E-state index in [9.17, 15) is 19.7 Å². The predicted octanol–water partition coefficient (Wildman–Crippen LogP) is 0.749. The van der Waals surface area contributed by atoms with E-state index >= 15 is 0 Å². The monoisotopic (exact) mass is 329 g/mol. The molecule has 0 spiro atoms. The van der Waals surface area contributed by atoms with Gasteiger partial charge >= 0.3 is 5.82 Å². The number of carbonyl (C=O) groups is 2. The van der Waals surface area contributed by atoms with Gasteiger partial charge in [0.05, 0.1) is 0 Å². The van der Waals surface area contributed by atoms with Crippen molar-refractivity contribution in [2.24, 2.45) is 0 Å². The summed E-state index contributed by atoms with van der Waals surface area (Å²) >= 11 is 0. The molecular weight excluding hydrogens is 318 g/mol. The average Bonchev–Trinajstić information content (AvgIpc) is 2.58. The second-order valence-corrected chi connectivity index (χ2v) is 4.78. The number of amides is 2. The van der Waals surface area contributed by atoms with Crippen LogP contribution in [-0.2, 0) is 9.59 Å². The molecule has 0 saturated heterocycles. The Morgan fingerprint density at radius 3 is 2.92 bits per heavy atom. The van der Waals surface area contributed by atoms with Gasteiger partial charge in [0, 0.05) is 12.3 Å². The van der Waals surface area contributed by atoms with Crippen molar-refractivity contribution < 1.29 is 19.2 Å². The first kappa shape index (κ1) is 15.3. The van der Waals surface area contributed by atoms with Crippen molar-refractivity contribution in [1.82, 2.24) is 9.97 Å². The highest BCUT2D eigenvalue weighted by Crippen LogP contribution is 2.31. The lowest BCUT2D eigenvalue weighted by atomic mass is 10.3. The molecule has 0 aliphatic carbocycles. The number of hydrogen-bond donors (Lipinski definition) is 1. The number of fused-ring (bicyclic) bond motifs is 1. The van der Waals surface area contributed by atoms with Crippen LogP contribution in [-0.4, -0.2) is 39.9 Å². The number of anilines is 2. The molecule has 2 aromatic heterocycles. The van der Waals surface area contributed by atoms with Gasteiger partial charge in [-0.15, -0.1) is 0 Å². The number of nitrogens with zero attached hydrogens (tertiary/aromatic N) is 4. The van der Waals surface area contributed by atoms with Gasteiger partial charge in [-0.1, -0.05) is 6.07 Å². The molecule has 24 heavy (non-hydrogen) atoms. The Morgan fingerprint density at radius 2 is 2.21 bits per heavy atom. The average molecular weight is 329 g/mol. The van der Waals surface area contributed by atoms with Crippen molar-refractivity contribution in [1.29, 1.82) is 0 Å². The molecule has 10 heteroatoms. The largest absolute Gasteiger partial charge is 0.477 e. The fourth-order valence-corrected chi connectivity index (χ4v) is 2.09. The number of hydrogen-bond acceptors (Lipinski definition) is 7. The highest BCUT2D eigenvalue weighted by Gasteiger charge is 2.33. The number of pyridine rings is 2. The molecule has 0 radical (unpaired) electrons. The Kier molecular flexibility index (Phi) is 4.01. The van der Waals surface area contributed by atoms with Crippen LogP contribution in [0.2, 0.25) is 0 Å². The van der Waals surface area contributed by atoms with Crippen LogP contribution in [0, 0.1) is 10.1 Å². The van der Waals surface area contributed by atoms with Gasteiger partial charge in [-0.2, -0.15) is 0 Å². The first-order valence-corrected chi connectivity index (χ1v) is 6.84. The Bertz CT molecular complexity index is 810. The van der Waals surface area contributed by atoms with Crippen LogP contribution in [0.5, 0.6) is 5.75 Å². The van der Waals surface area contributed by atoms with Gasteiger partial charge in [0.2, 0.25) is 5.91 Å². The Labute approximate surface area is 135 Å². The second-order valence-electron chi connectivity index (χ2n) is 4.78. The summed E-state index contributed by atoms with van der Waals surface area (Å²) in [4.78, 5) is 43.1. The molecule has 0 fully saturated rings. The van der Waals surface area contributed by atoms with E-state index in [1.165, 1.54) is 18.3 Å². The summed E-state index contributed by atoms with van der Waals surface area (Å²) in [5.41, 5.74) is 0. The molecule has 10 nitrogen and oxygen atoms in total. The van der Waals surface area contributed by atoms with Crippen LogP contribution in [0.3, 0.4) is 0 Å². The van der Waals surface area contributed by atoms with Crippen LogP contribution in [0.1, 0.15) is 0 Å². The maximum absolute atomic E-state index is 12.1. The molecule has 2 amide bonds. The van der Waals surface area contributed by atoms with E-state index in [4.69, 9.17) is 4.74 Å². The molecule has 1 aliphatic rings. The van der Waals surface area contributed by atoms with Gasteiger partial charge in [-0.3, -0.25) is 14.5 Å². The summed E-state index contributed by atoms with van der Waals surface area (Å²) in [6.45, 7) is -0.636. The zero-order chi connectivity index (χ0) is 17.1. The third-order valence-corrected chi connectivity index (χ3v) is 3.15. The van der Waals surface area contributed by atoms with Crippen molar-refractivity contribution in [3.8, 4) is 5.75 Å². The summed E-state index contributed by atoms with van der Waals surface area (Å²) in [6, 6.07) is 7.50. The summed E-state index contributed by atoms with van der Waals surface area (Å²) in [5, 5.41) is 13.4. The molecule has 0 unspecified atom stereocenters. The van der Waals surface area contributed by atoms with Crippen molar-refractivity contribution in [2.45, 2.75) is 0 Å². The van der Waals surface area contributed by atoms with E-state index in [-0.39, 0.29) is 24.7 Å². The quantitative estimate of drug-likeness (QED) is 0.647. The highest BCUT2D eigenvalue weighted by atomic mass is 16.6. The first-order chi connectivity index (χ1) is 11.5. The molecule has 3 rings (SSSR count). The summed E-state index contributed by atoms with van der Waals surface area (Å²) in [6.07, 6.45) is 1.51. The number of aromatic nitrogens is 2. The molecule has 0 atom stereocenters. The minimum absolute atomic E-state index is 0.0587. The molecule has 1 N–H and O–H groups in total. The lowest BCUT2D eigenvalue weighted by Gasteiger charge is -2.24. The maximum Gasteiger partial charge on any atom is 0.366 e. The van der Waals surface area contributed by atoms with Crippen LogP contribution < -0.4 is 15.0 Å². The Morgan fingerprint density at radius 1 is 1.38 bits per heavy atom. The minimum Gasteiger partial charge on any atom is -0.477 e. The van der Waals surface area contributed by atoms with Crippen LogP contribution in [0.4, 0.5) is 17.5 Å². The zero-order valence-electron chi connectivity index (χ0n) is 12.2. The van der Waals surface area contributed by atoms with Gasteiger partial charge in [-0.25, -0.2) is 4.98 Å². The van der Waals surface area contributed by atoms with E-state index in [2.05, 4.69) is 15.3 Å². The van der Waals surface area contributed by atoms with Crippen molar-refractivity contribution >= 4 is 29.3 Å². The van der Waals surface area contributed by atoms with E-state index in [0.717, 1.165) is 4.90 Å². The smallest absolute Gasteiger partial charge is 0.366 e. The maximum atomic E-state index is 12.1. The molecule has 0 aromatic carbocycles. The van der Waals surface area contributed by atoms with Gasteiger partial charge in [0.25, 0.3) is 11.7 Å². The van der Waals surface area contributed by atoms with Gasteiger partial charge in [-0.05, 0) is 28.1 Å². The fourth-order valence-electron chi connectivity index (χ4n) is 2.09. The van der Waals surface area contributed by atoms with E-state index in [1.54, 1.807) is 18.2 Å². The molecular formula is C14H11N5O5. The van der Waals surface area contributed by atoms with Crippen molar-refractivity contribution in [2.75, 3.05) is 23.4 Å². The molecule has 3 heterocycles. The van der Waals surface area contributed by atoms with Crippen molar-refractivity contribution in [3.05, 3.63) is 46.6 Å². The van der Waals surface area contributed by atoms with Crippen LogP contribution in [0.15, 0.2) is 36.5 Å². The number of nitrogens with one attached hydrogen (secondary N) is 1. The minimum atomic E-state index is -0.689. The SMILES string of the molecule is O=C(CN1C(=O)COc2ccc([N+](=O)[O-])nc21)Nc1ccccn1. The zero-order valence-corrected chi connectivity index (χ0v) is 12.2. The van der Waals surface area contributed by atoms with Crippen LogP contribution >= 0.6 is 0 Å². The highest BCUT2D eigenvalue weighted by molar-refractivity contribution is 6.04. The van der Waals surface area contributed by atoms with Crippen molar-refractivity contribution in [3.63, 3.8) is 0 Å². The second kappa shape index (κ2) is 6.28. The van der Waals surface area contributed by atoms with Gasteiger partial charge in [0.15, 0.2) is 12.4 Å². The van der Waals surface area contributed by atoms with Crippen LogP contribution in [0.25, 0.3) is 0 Å². The predicted molar refractivity (Wildman–Crippen MR) is 81.6 cm³/mol. The normalized spacial score (nSPS) is 13.0. The third-order valence-electron chi connectivity index (χ3n) is 3.15. The number of rotatable bonds is 4. The molecule has 122 valence electrons. The molecule has 2 aromatic rings. The lowest BCUT2D eigenvalue weighted by Crippen LogP contribution is -2.44. The number of nitro groups is 1. The Balaban J connectivity index is 1.83. The molecule has 0 saturated carbocycles. The summed E-state index contributed by atoms with van der Waals surface area (Å²) in [5.74, 6) is -1.00. The van der Waals surface area contributed by atoms with Gasteiger partial charge in [0.1, 0.15) is 12.4 Å². The Hall–Kier alpha value is -3.56. The third kappa shape index (κ3) is 3.11. The number of carbonyl (C=O) groups excluding carboxylic acids is 2. The standard InChI is InChI=1S/C14H11N5O5/c20-12(16-10-3-1-2-6-15-10)7-18-13(21)8-24-9-4-5-11(19(22)23)17-14(9)18/h1-6H,7-8H2,(H,15,16,20). The lowest BCUT2D eigenvalue weighted by molar-refractivity contribution is -0.389. The topological polar surface area (TPSA) is 128 Å². The first-order valence-electron chi connectivity index (χ1n) is 6.84. The summed E-state index contributed by atoms with van der Waals surface area (Å²) in [7, 11) is 0. The molecule has 0 bridgehead atoms.